The van der Waals surface area contributed by atoms with Crippen LogP contribution in [0.3, 0.4) is 0 Å². The summed E-state index contributed by atoms with van der Waals surface area (Å²) in [5, 5.41) is 7.25. The van der Waals surface area contributed by atoms with Crippen LogP contribution >= 0.6 is 23.2 Å². The highest BCUT2D eigenvalue weighted by Gasteiger charge is 2.14. The van der Waals surface area contributed by atoms with Crippen molar-refractivity contribution >= 4 is 29.0 Å². The van der Waals surface area contributed by atoms with E-state index in [4.69, 9.17) is 23.2 Å². The number of hydrogen-bond donors (Lipinski definition) is 2. The summed E-state index contributed by atoms with van der Waals surface area (Å²) >= 11 is 11.6. The molecule has 0 amide bonds. The van der Waals surface area contributed by atoms with Crippen molar-refractivity contribution in [1.29, 1.82) is 0 Å². The van der Waals surface area contributed by atoms with Gasteiger partial charge in [0.25, 0.3) is 0 Å². The predicted molar refractivity (Wildman–Crippen MR) is 61.6 cm³/mol. The molecule has 0 bridgehead atoms. The monoisotopic (exact) mass is 246 g/mol. The molecule has 1 aliphatic heterocycles. The average molecular weight is 247 g/mol. The molecule has 82 valence electrons. The van der Waals surface area contributed by atoms with Gasteiger partial charge in [-0.25, -0.2) is 4.98 Å². The first kappa shape index (κ1) is 10.9. The molecule has 1 atom stereocenters. The SMILES string of the molecule is Clc1ncc(Cl)c(NCC2CCCN2)n1. The quantitative estimate of drug-likeness (QED) is 0.801. The van der Waals surface area contributed by atoms with E-state index >= 15 is 0 Å². The Balaban J connectivity index is 1.94. The smallest absolute Gasteiger partial charge is 0.224 e. The molecule has 2 heterocycles. The molecule has 1 unspecified atom stereocenters. The Kier molecular flexibility index (Phi) is 3.61. The zero-order valence-corrected chi connectivity index (χ0v) is 9.65. The van der Waals surface area contributed by atoms with Gasteiger partial charge in [-0.05, 0) is 31.0 Å². The van der Waals surface area contributed by atoms with Gasteiger partial charge in [0.1, 0.15) is 10.8 Å². The third-order valence-electron chi connectivity index (χ3n) is 2.39. The summed E-state index contributed by atoms with van der Waals surface area (Å²) in [5.74, 6) is 0.602. The molecular weight excluding hydrogens is 235 g/mol. The number of nitrogens with one attached hydrogen (secondary N) is 2. The van der Waals surface area contributed by atoms with Gasteiger partial charge in [-0.1, -0.05) is 11.6 Å². The van der Waals surface area contributed by atoms with Crippen LogP contribution in [-0.4, -0.2) is 29.1 Å². The van der Waals surface area contributed by atoms with Gasteiger partial charge in [0, 0.05) is 12.6 Å². The molecule has 4 nitrogen and oxygen atoms in total. The Morgan fingerprint density at radius 3 is 3.13 bits per heavy atom. The molecular formula is C9H12Cl2N4. The Morgan fingerprint density at radius 1 is 1.53 bits per heavy atom. The standard InChI is InChI=1S/C9H12Cl2N4/c10-7-5-14-9(11)15-8(7)13-4-6-2-1-3-12-6/h5-6,12H,1-4H2,(H,13,14,15). The van der Waals surface area contributed by atoms with E-state index in [-0.39, 0.29) is 5.28 Å². The van der Waals surface area contributed by atoms with E-state index in [2.05, 4.69) is 20.6 Å². The van der Waals surface area contributed by atoms with Crippen LogP contribution in [0, 0.1) is 0 Å². The van der Waals surface area contributed by atoms with E-state index in [0.717, 1.165) is 13.1 Å². The lowest BCUT2D eigenvalue weighted by Crippen LogP contribution is -2.29. The van der Waals surface area contributed by atoms with E-state index < -0.39 is 0 Å². The number of halogens is 2. The van der Waals surface area contributed by atoms with Crippen LogP contribution in [0.4, 0.5) is 5.82 Å². The topological polar surface area (TPSA) is 49.8 Å². The lowest BCUT2D eigenvalue weighted by atomic mass is 10.2. The Labute approximate surface area is 98.4 Å². The van der Waals surface area contributed by atoms with E-state index in [1.807, 2.05) is 0 Å². The van der Waals surface area contributed by atoms with Crippen LogP contribution in [0.15, 0.2) is 6.20 Å². The second-order valence-corrected chi connectivity index (χ2v) is 4.26. The fraction of sp³-hybridized carbons (Fsp3) is 0.556. The van der Waals surface area contributed by atoms with Crippen molar-refractivity contribution in [3.63, 3.8) is 0 Å². The summed E-state index contributed by atoms with van der Waals surface area (Å²) in [7, 11) is 0. The lowest BCUT2D eigenvalue weighted by molar-refractivity contribution is 0.632. The summed E-state index contributed by atoms with van der Waals surface area (Å²) in [4.78, 5) is 7.80. The highest BCUT2D eigenvalue weighted by Crippen LogP contribution is 2.19. The van der Waals surface area contributed by atoms with Gasteiger partial charge in [0.2, 0.25) is 5.28 Å². The second kappa shape index (κ2) is 4.96. The van der Waals surface area contributed by atoms with E-state index in [1.165, 1.54) is 19.0 Å². The van der Waals surface area contributed by atoms with Gasteiger partial charge >= 0.3 is 0 Å². The van der Waals surface area contributed by atoms with Crippen molar-refractivity contribution in [1.82, 2.24) is 15.3 Å². The van der Waals surface area contributed by atoms with Crippen molar-refractivity contribution in [2.45, 2.75) is 18.9 Å². The third-order valence-corrected chi connectivity index (χ3v) is 2.85. The summed E-state index contributed by atoms with van der Waals surface area (Å²) in [5.41, 5.74) is 0. The van der Waals surface area contributed by atoms with Crippen LogP contribution in [0.25, 0.3) is 0 Å². The fourth-order valence-electron chi connectivity index (χ4n) is 1.62. The normalized spacial score (nSPS) is 20.5. The minimum atomic E-state index is 0.210. The van der Waals surface area contributed by atoms with Gasteiger partial charge < -0.3 is 10.6 Å². The zero-order valence-electron chi connectivity index (χ0n) is 8.13. The molecule has 0 aliphatic carbocycles. The number of aromatic nitrogens is 2. The maximum absolute atomic E-state index is 5.92. The van der Waals surface area contributed by atoms with Crippen molar-refractivity contribution in [2.24, 2.45) is 0 Å². The van der Waals surface area contributed by atoms with Gasteiger partial charge in [0.15, 0.2) is 0 Å². The fourth-order valence-corrected chi connectivity index (χ4v) is 1.91. The predicted octanol–water partition coefficient (Wildman–Crippen LogP) is 1.95. The average Bonchev–Trinajstić information content (AvgIpc) is 2.72. The molecule has 0 spiro atoms. The maximum atomic E-state index is 5.92. The molecule has 15 heavy (non-hydrogen) atoms. The summed E-state index contributed by atoms with van der Waals surface area (Å²) in [6.07, 6.45) is 3.91. The van der Waals surface area contributed by atoms with E-state index in [9.17, 15) is 0 Å². The third kappa shape index (κ3) is 2.93. The summed E-state index contributed by atoms with van der Waals surface area (Å²) < 4.78 is 0. The van der Waals surface area contributed by atoms with Crippen molar-refractivity contribution in [2.75, 3.05) is 18.4 Å². The molecule has 1 aliphatic rings. The maximum Gasteiger partial charge on any atom is 0.224 e. The first-order chi connectivity index (χ1) is 7.25. The van der Waals surface area contributed by atoms with Gasteiger partial charge in [-0.15, -0.1) is 0 Å². The number of rotatable bonds is 3. The molecule has 0 radical (unpaired) electrons. The molecule has 2 N–H and O–H groups in total. The van der Waals surface area contributed by atoms with E-state index in [0.29, 0.717) is 16.9 Å². The van der Waals surface area contributed by atoms with Crippen LogP contribution in [0.5, 0.6) is 0 Å². The highest BCUT2D eigenvalue weighted by atomic mass is 35.5. The van der Waals surface area contributed by atoms with Gasteiger partial charge in [-0.3, -0.25) is 0 Å². The zero-order chi connectivity index (χ0) is 10.7. The second-order valence-electron chi connectivity index (χ2n) is 3.51. The van der Waals surface area contributed by atoms with Crippen LogP contribution in [0.1, 0.15) is 12.8 Å². The van der Waals surface area contributed by atoms with E-state index in [1.54, 1.807) is 0 Å². The summed E-state index contributed by atoms with van der Waals surface area (Å²) in [6, 6.07) is 0.495. The first-order valence-electron chi connectivity index (χ1n) is 4.91. The van der Waals surface area contributed by atoms with Crippen LogP contribution in [-0.2, 0) is 0 Å². The van der Waals surface area contributed by atoms with Gasteiger partial charge in [0.05, 0.1) is 6.20 Å². The van der Waals surface area contributed by atoms with Crippen molar-refractivity contribution < 1.29 is 0 Å². The molecule has 1 fully saturated rings. The molecule has 0 saturated carbocycles. The Morgan fingerprint density at radius 2 is 2.40 bits per heavy atom. The van der Waals surface area contributed by atoms with Crippen molar-refractivity contribution in [3.8, 4) is 0 Å². The molecule has 6 heteroatoms. The van der Waals surface area contributed by atoms with Crippen molar-refractivity contribution in [3.05, 3.63) is 16.5 Å². The molecule has 1 saturated heterocycles. The summed E-state index contributed by atoms with van der Waals surface area (Å²) in [6.45, 7) is 1.90. The molecule has 1 aromatic rings. The first-order valence-corrected chi connectivity index (χ1v) is 5.66. The van der Waals surface area contributed by atoms with Crippen LogP contribution in [0.2, 0.25) is 10.3 Å². The number of hydrogen-bond acceptors (Lipinski definition) is 4. The molecule has 0 aromatic carbocycles. The molecule has 1 aromatic heterocycles. The Hall–Kier alpha value is -0.580. The lowest BCUT2D eigenvalue weighted by Gasteiger charge is -2.12. The van der Waals surface area contributed by atoms with Gasteiger partial charge in [-0.2, -0.15) is 4.98 Å². The Bertz CT molecular complexity index is 339. The van der Waals surface area contributed by atoms with Crippen LogP contribution < -0.4 is 10.6 Å². The largest absolute Gasteiger partial charge is 0.367 e. The minimum Gasteiger partial charge on any atom is -0.367 e. The minimum absolute atomic E-state index is 0.210. The number of anilines is 1. The highest BCUT2D eigenvalue weighted by molar-refractivity contribution is 6.33. The number of nitrogens with zero attached hydrogens (tertiary/aromatic N) is 2. The molecule has 2 rings (SSSR count).